The van der Waals surface area contributed by atoms with Gasteiger partial charge in [-0.3, -0.25) is 19.2 Å². The zero-order chi connectivity index (χ0) is 23.4. The van der Waals surface area contributed by atoms with Gasteiger partial charge in [-0.25, -0.2) is 4.79 Å². The van der Waals surface area contributed by atoms with Crippen LogP contribution in [0, 0.1) is 5.92 Å². The van der Waals surface area contributed by atoms with E-state index >= 15 is 0 Å². The zero-order valence-corrected chi connectivity index (χ0v) is 17.8. The van der Waals surface area contributed by atoms with Crippen LogP contribution in [0.25, 0.3) is 0 Å². The fourth-order valence-corrected chi connectivity index (χ4v) is 2.88. The number of carboxylic acid groups (broad SMARTS) is 1. The highest BCUT2D eigenvalue weighted by molar-refractivity contribution is 5.93. The number of hydrogen-bond acceptors (Lipinski definition) is 7. The quantitative estimate of drug-likeness (QED) is 0.400. The van der Waals surface area contributed by atoms with Crippen LogP contribution < -0.4 is 10.6 Å². The third kappa shape index (κ3) is 8.85. The van der Waals surface area contributed by atoms with Gasteiger partial charge >= 0.3 is 17.9 Å². The van der Waals surface area contributed by atoms with Crippen LogP contribution >= 0.6 is 0 Å². The van der Waals surface area contributed by atoms with Crippen molar-refractivity contribution in [2.45, 2.75) is 45.7 Å². The molecule has 1 aromatic rings. The Balaban J connectivity index is 3.11. The largest absolute Gasteiger partial charge is 0.480 e. The Morgan fingerprint density at radius 2 is 1.58 bits per heavy atom. The van der Waals surface area contributed by atoms with Gasteiger partial charge < -0.3 is 25.2 Å². The van der Waals surface area contributed by atoms with E-state index in [2.05, 4.69) is 10.6 Å². The fourth-order valence-electron chi connectivity index (χ4n) is 2.88. The average Bonchev–Trinajstić information content (AvgIpc) is 2.70. The third-order valence-corrected chi connectivity index (χ3v) is 4.22. The molecular formula is C21H28N2O8. The molecule has 0 bridgehead atoms. The Bertz CT molecular complexity index is 781. The molecule has 0 saturated heterocycles. The van der Waals surface area contributed by atoms with E-state index in [0.29, 0.717) is 0 Å². The molecule has 0 aliphatic heterocycles. The van der Waals surface area contributed by atoms with Crippen LogP contribution in [-0.2, 0) is 39.9 Å². The van der Waals surface area contributed by atoms with Crippen molar-refractivity contribution in [1.82, 2.24) is 10.6 Å². The Hall–Kier alpha value is -3.43. The summed E-state index contributed by atoms with van der Waals surface area (Å²) in [7, 11) is 0. The second kappa shape index (κ2) is 13.0. The first-order chi connectivity index (χ1) is 14.7. The van der Waals surface area contributed by atoms with E-state index in [1.165, 1.54) is 13.8 Å². The highest BCUT2D eigenvalue weighted by atomic mass is 16.5. The van der Waals surface area contributed by atoms with Crippen molar-refractivity contribution in [1.29, 1.82) is 0 Å². The smallest absolute Gasteiger partial charge is 0.327 e. The molecule has 0 spiro atoms. The first-order valence-electron chi connectivity index (χ1n) is 9.86. The van der Waals surface area contributed by atoms with Crippen molar-refractivity contribution in [3.05, 3.63) is 35.9 Å². The van der Waals surface area contributed by atoms with Crippen molar-refractivity contribution in [2.24, 2.45) is 5.92 Å². The predicted molar refractivity (Wildman–Crippen MR) is 109 cm³/mol. The second-order valence-corrected chi connectivity index (χ2v) is 6.64. The van der Waals surface area contributed by atoms with Crippen molar-refractivity contribution in [3.63, 3.8) is 0 Å². The molecule has 0 saturated carbocycles. The lowest BCUT2D eigenvalue weighted by Gasteiger charge is -2.25. The van der Waals surface area contributed by atoms with E-state index in [9.17, 15) is 29.1 Å². The molecule has 3 atom stereocenters. The van der Waals surface area contributed by atoms with Crippen LogP contribution in [0.5, 0.6) is 0 Å². The number of hydrogen-bond donors (Lipinski definition) is 3. The van der Waals surface area contributed by atoms with Crippen LogP contribution in [0.3, 0.4) is 0 Å². The highest BCUT2D eigenvalue weighted by Gasteiger charge is 2.39. The van der Waals surface area contributed by atoms with E-state index in [0.717, 1.165) is 5.56 Å². The number of ether oxygens (including phenoxy) is 2. The van der Waals surface area contributed by atoms with Crippen molar-refractivity contribution < 1.29 is 38.6 Å². The molecule has 31 heavy (non-hydrogen) atoms. The Morgan fingerprint density at radius 3 is 2.10 bits per heavy atom. The summed E-state index contributed by atoms with van der Waals surface area (Å²) in [6, 6.07) is 5.95. The summed E-state index contributed by atoms with van der Waals surface area (Å²) in [6.07, 6.45) is -0.492. The second-order valence-electron chi connectivity index (χ2n) is 6.64. The number of carbonyl (C=O) groups is 5. The molecule has 10 heteroatoms. The minimum absolute atomic E-state index is 0.0407. The predicted octanol–water partition coefficient (Wildman–Crippen LogP) is 0.436. The molecule has 0 radical (unpaired) electrons. The van der Waals surface area contributed by atoms with Crippen molar-refractivity contribution in [2.75, 3.05) is 13.2 Å². The van der Waals surface area contributed by atoms with Gasteiger partial charge in [-0.05, 0) is 19.4 Å². The van der Waals surface area contributed by atoms with Gasteiger partial charge in [0.2, 0.25) is 11.8 Å². The number of rotatable bonds is 12. The van der Waals surface area contributed by atoms with Crippen LogP contribution in [0.4, 0.5) is 0 Å². The summed E-state index contributed by atoms with van der Waals surface area (Å²) in [5.74, 6) is -6.10. The van der Waals surface area contributed by atoms with Crippen molar-refractivity contribution in [3.8, 4) is 0 Å². The number of esters is 2. The Morgan fingerprint density at radius 1 is 0.968 bits per heavy atom. The SMILES string of the molecule is CCOC(=O)C[C@@H](C(=O)OCC)[C@@H](NC(=O)[C@@H](Cc1ccccc1)NC(C)=O)C(=O)O. The summed E-state index contributed by atoms with van der Waals surface area (Å²) in [4.78, 5) is 60.5. The average molecular weight is 436 g/mol. The standard InChI is InChI=1S/C21H28N2O8/c1-4-30-17(25)12-15(21(29)31-5-2)18(20(27)28)23-19(26)16(22-13(3)24)11-14-9-7-6-8-10-14/h6-10,15-16,18H,4-5,11-12H2,1-3H3,(H,22,24)(H,23,26)(H,27,28)/t15-,16-,18-/m1/s1. The molecule has 2 amide bonds. The molecule has 0 unspecified atom stereocenters. The molecule has 0 heterocycles. The van der Waals surface area contributed by atoms with Gasteiger partial charge in [-0.2, -0.15) is 0 Å². The van der Waals surface area contributed by atoms with Gasteiger partial charge in [0, 0.05) is 13.3 Å². The lowest BCUT2D eigenvalue weighted by Crippen LogP contribution is -2.55. The van der Waals surface area contributed by atoms with Gasteiger partial charge in [0.05, 0.1) is 25.6 Å². The molecule has 10 nitrogen and oxygen atoms in total. The lowest BCUT2D eigenvalue weighted by molar-refractivity contribution is -0.160. The van der Waals surface area contributed by atoms with Gasteiger partial charge in [-0.15, -0.1) is 0 Å². The molecule has 170 valence electrons. The van der Waals surface area contributed by atoms with Gasteiger partial charge in [-0.1, -0.05) is 30.3 Å². The van der Waals surface area contributed by atoms with E-state index in [1.807, 2.05) is 0 Å². The third-order valence-electron chi connectivity index (χ3n) is 4.22. The molecular weight excluding hydrogens is 408 g/mol. The normalized spacial score (nSPS) is 13.3. The summed E-state index contributed by atoms with van der Waals surface area (Å²) in [6.45, 7) is 4.32. The van der Waals surface area contributed by atoms with Gasteiger partial charge in [0.1, 0.15) is 12.1 Å². The first-order valence-corrected chi connectivity index (χ1v) is 9.86. The van der Waals surface area contributed by atoms with E-state index in [4.69, 9.17) is 9.47 Å². The molecule has 0 fully saturated rings. The molecule has 0 aliphatic carbocycles. The molecule has 3 N–H and O–H groups in total. The zero-order valence-electron chi connectivity index (χ0n) is 17.8. The Kier molecular flexibility index (Phi) is 10.7. The molecule has 0 aromatic heterocycles. The van der Waals surface area contributed by atoms with Gasteiger partial charge in [0.25, 0.3) is 0 Å². The van der Waals surface area contributed by atoms with Crippen LogP contribution in [-0.4, -0.2) is 60.1 Å². The minimum atomic E-state index is -1.76. The van der Waals surface area contributed by atoms with Gasteiger partial charge in [0.15, 0.2) is 0 Å². The number of carbonyl (C=O) groups excluding carboxylic acids is 4. The van der Waals surface area contributed by atoms with Crippen molar-refractivity contribution >= 4 is 29.7 Å². The maximum Gasteiger partial charge on any atom is 0.327 e. The van der Waals surface area contributed by atoms with Crippen LogP contribution in [0.1, 0.15) is 32.8 Å². The number of benzene rings is 1. The maximum atomic E-state index is 12.8. The number of aliphatic carboxylic acids is 1. The van der Waals surface area contributed by atoms with E-state index in [1.54, 1.807) is 37.3 Å². The Labute approximate surface area is 180 Å². The summed E-state index contributed by atoms with van der Waals surface area (Å²) >= 11 is 0. The maximum absolute atomic E-state index is 12.8. The van der Waals surface area contributed by atoms with E-state index in [-0.39, 0.29) is 19.6 Å². The van der Waals surface area contributed by atoms with E-state index < -0.39 is 54.1 Å². The lowest BCUT2D eigenvalue weighted by atomic mass is 9.95. The first kappa shape index (κ1) is 25.6. The monoisotopic (exact) mass is 436 g/mol. The number of nitrogens with one attached hydrogen (secondary N) is 2. The summed E-state index contributed by atoms with van der Waals surface area (Å²) in [5.41, 5.74) is 0.733. The minimum Gasteiger partial charge on any atom is -0.480 e. The molecule has 1 rings (SSSR count). The fraction of sp³-hybridized carbons (Fsp3) is 0.476. The number of amides is 2. The summed E-state index contributed by atoms with van der Waals surface area (Å²) < 4.78 is 9.69. The molecule has 0 aliphatic rings. The topological polar surface area (TPSA) is 148 Å². The highest BCUT2D eigenvalue weighted by Crippen LogP contribution is 2.15. The number of carboxylic acids is 1. The van der Waals surface area contributed by atoms with Crippen LogP contribution in [0.15, 0.2) is 30.3 Å². The molecule has 1 aromatic carbocycles. The summed E-state index contributed by atoms with van der Waals surface area (Å²) in [5, 5.41) is 14.4. The van der Waals surface area contributed by atoms with Crippen LogP contribution in [0.2, 0.25) is 0 Å².